The van der Waals surface area contributed by atoms with Gasteiger partial charge in [-0.25, -0.2) is 4.79 Å². The van der Waals surface area contributed by atoms with Gasteiger partial charge in [0.2, 0.25) is 0 Å². The van der Waals surface area contributed by atoms with Crippen molar-refractivity contribution >= 4 is 42.0 Å². The van der Waals surface area contributed by atoms with Crippen LogP contribution in [-0.2, 0) is 14.3 Å². The van der Waals surface area contributed by atoms with Gasteiger partial charge in [-0.1, -0.05) is 13.8 Å². The topological polar surface area (TPSA) is 92.3 Å². The summed E-state index contributed by atoms with van der Waals surface area (Å²) >= 11 is 0. The summed E-state index contributed by atoms with van der Waals surface area (Å²) in [5, 5.41) is 6.46. The zero-order valence-electron chi connectivity index (χ0n) is 19.7. The molecule has 1 heterocycles. The van der Waals surface area contributed by atoms with Gasteiger partial charge in [0.1, 0.15) is 5.60 Å². The summed E-state index contributed by atoms with van der Waals surface area (Å²) < 4.78 is 10.6. The third-order valence-corrected chi connectivity index (χ3v) is 5.33. The second-order valence-electron chi connectivity index (χ2n) is 8.53. The van der Waals surface area contributed by atoms with Crippen LogP contribution in [0.1, 0.15) is 67.2 Å². The van der Waals surface area contributed by atoms with Gasteiger partial charge >= 0.3 is 12.1 Å². The number of nitrogens with one attached hydrogen (secondary N) is 2. The molecule has 30 heavy (non-hydrogen) atoms. The van der Waals surface area contributed by atoms with Gasteiger partial charge in [-0.15, -0.1) is 24.0 Å². The standard InChI is InChI=1S/C21H40N4O4.HI/c1-8-21(9-2,24-19(27)29-20(4,5)6)15-23-18(22-7)25-13-11-16(12-14-25)17(26)28-10-3;/h16H,8-15H2,1-7H3,(H,22,23)(H,24,27);1H. The van der Waals surface area contributed by atoms with E-state index in [2.05, 4.69) is 34.4 Å². The molecule has 0 spiro atoms. The molecule has 0 bridgehead atoms. The number of ether oxygens (including phenoxy) is 2. The number of piperidine rings is 1. The summed E-state index contributed by atoms with van der Waals surface area (Å²) in [6.07, 6.45) is 2.62. The first-order chi connectivity index (χ1) is 13.6. The van der Waals surface area contributed by atoms with Crippen LogP contribution in [0.5, 0.6) is 0 Å². The summed E-state index contributed by atoms with van der Waals surface area (Å²) in [6.45, 7) is 13.9. The highest BCUT2D eigenvalue weighted by atomic mass is 127. The molecular weight excluding hydrogens is 499 g/mol. The lowest BCUT2D eigenvalue weighted by atomic mass is 9.93. The fraction of sp³-hybridized carbons (Fsp3) is 0.857. The first-order valence-electron chi connectivity index (χ1n) is 10.7. The van der Waals surface area contributed by atoms with Crippen LogP contribution in [0.2, 0.25) is 0 Å². The average Bonchev–Trinajstić information content (AvgIpc) is 2.66. The van der Waals surface area contributed by atoms with Crippen LogP contribution in [0.15, 0.2) is 4.99 Å². The molecule has 1 saturated heterocycles. The zero-order valence-corrected chi connectivity index (χ0v) is 22.0. The predicted molar refractivity (Wildman–Crippen MR) is 130 cm³/mol. The van der Waals surface area contributed by atoms with Crippen LogP contribution in [0.3, 0.4) is 0 Å². The van der Waals surface area contributed by atoms with E-state index < -0.39 is 17.2 Å². The van der Waals surface area contributed by atoms with E-state index >= 15 is 0 Å². The van der Waals surface area contributed by atoms with Crippen molar-refractivity contribution in [1.82, 2.24) is 15.5 Å². The van der Waals surface area contributed by atoms with Crippen LogP contribution >= 0.6 is 24.0 Å². The number of hydrogen-bond donors (Lipinski definition) is 2. The number of alkyl carbamates (subject to hydrolysis) is 1. The number of rotatable bonds is 7. The van der Waals surface area contributed by atoms with Gasteiger partial charge in [0.15, 0.2) is 5.96 Å². The van der Waals surface area contributed by atoms with Crippen molar-refractivity contribution in [3.8, 4) is 0 Å². The minimum Gasteiger partial charge on any atom is -0.466 e. The Morgan fingerprint density at radius 2 is 1.67 bits per heavy atom. The molecule has 0 atom stereocenters. The molecule has 1 fully saturated rings. The van der Waals surface area contributed by atoms with E-state index in [1.807, 2.05) is 27.7 Å². The van der Waals surface area contributed by atoms with E-state index in [0.29, 0.717) is 13.2 Å². The summed E-state index contributed by atoms with van der Waals surface area (Å²) in [4.78, 5) is 30.8. The Kier molecular flexibility index (Phi) is 12.7. The van der Waals surface area contributed by atoms with Gasteiger partial charge in [-0.2, -0.15) is 0 Å². The lowest BCUT2D eigenvalue weighted by Gasteiger charge is -2.37. The van der Waals surface area contributed by atoms with Gasteiger partial charge in [0.05, 0.1) is 18.1 Å². The van der Waals surface area contributed by atoms with Gasteiger partial charge in [0.25, 0.3) is 0 Å². The number of nitrogens with zero attached hydrogens (tertiary/aromatic N) is 2. The average molecular weight is 540 g/mol. The molecule has 1 rings (SSSR count). The van der Waals surface area contributed by atoms with E-state index in [9.17, 15) is 9.59 Å². The fourth-order valence-electron chi connectivity index (χ4n) is 3.41. The molecule has 176 valence electrons. The molecule has 0 aliphatic carbocycles. The van der Waals surface area contributed by atoms with Crippen LogP contribution in [0.25, 0.3) is 0 Å². The highest BCUT2D eigenvalue weighted by Gasteiger charge is 2.32. The molecule has 0 aromatic rings. The number of esters is 1. The fourth-order valence-corrected chi connectivity index (χ4v) is 3.41. The normalized spacial score (nSPS) is 15.8. The Bertz CT molecular complexity index is 566. The number of hydrogen-bond acceptors (Lipinski definition) is 5. The van der Waals surface area contributed by atoms with Crippen molar-refractivity contribution in [1.29, 1.82) is 0 Å². The highest BCUT2D eigenvalue weighted by molar-refractivity contribution is 14.0. The number of guanidine groups is 1. The third kappa shape index (κ3) is 9.26. The molecule has 0 radical (unpaired) electrons. The lowest BCUT2D eigenvalue weighted by molar-refractivity contribution is -0.149. The highest BCUT2D eigenvalue weighted by Crippen LogP contribution is 2.20. The van der Waals surface area contributed by atoms with Gasteiger partial charge in [-0.05, 0) is 53.4 Å². The number of amides is 1. The molecule has 1 amide bonds. The Labute approximate surface area is 198 Å². The minimum absolute atomic E-state index is 0. The molecule has 0 saturated carbocycles. The maximum absolute atomic E-state index is 12.3. The number of halogens is 1. The number of carbonyl (C=O) groups excluding carboxylic acids is 2. The molecule has 0 aromatic heterocycles. The second-order valence-corrected chi connectivity index (χ2v) is 8.53. The summed E-state index contributed by atoms with van der Waals surface area (Å²) in [6, 6.07) is 0. The SMILES string of the molecule is CCOC(=O)C1CCN(C(=NC)NCC(CC)(CC)NC(=O)OC(C)(C)C)CC1.I. The molecule has 2 N–H and O–H groups in total. The van der Waals surface area contributed by atoms with Crippen LogP contribution in [-0.4, -0.2) is 67.4 Å². The summed E-state index contributed by atoms with van der Waals surface area (Å²) in [5.74, 6) is 0.640. The van der Waals surface area contributed by atoms with E-state index in [0.717, 1.165) is 44.7 Å². The summed E-state index contributed by atoms with van der Waals surface area (Å²) in [7, 11) is 1.75. The van der Waals surface area contributed by atoms with Gasteiger partial charge in [-0.3, -0.25) is 9.79 Å². The van der Waals surface area contributed by atoms with Crippen LogP contribution in [0, 0.1) is 5.92 Å². The van der Waals surface area contributed by atoms with Crippen molar-refractivity contribution < 1.29 is 19.1 Å². The molecule has 0 aromatic carbocycles. The molecule has 1 aliphatic rings. The molecule has 1 aliphatic heterocycles. The van der Waals surface area contributed by atoms with Crippen LogP contribution in [0.4, 0.5) is 4.79 Å². The maximum atomic E-state index is 12.3. The number of likely N-dealkylation sites (tertiary alicyclic amines) is 1. The monoisotopic (exact) mass is 540 g/mol. The van der Waals surface area contributed by atoms with Crippen molar-refractivity contribution in [2.45, 2.75) is 78.4 Å². The van der Waals surface area contributed by atoms with Crippen molar-refractivity contribution in [2.24, 2.45) is 10.9 Å². The Hall–Kier alpha value is -1.26. The van der Waals surface area contributed by atoms with Crippen molar-refractivity contribution in [3.05, 3.63) is 0 Å². The first-order valence-corrected chi connectivity index (χ1v) is 10.7. The summed E-state index contributed by atoms with van der Waals surface area (Å²) in [5.41, 5.74) is -0.967. The third-order valence-electron chi connectivity index (χ3n) is 5.33. The molecular formula is C21H41IN4O4. The Morgan fingerprint density at radius 3 is 2.10 bits per heavy atom. The lowest BCUT2D eigenvalue weighted by Crippen LogP contribution is -2.58. The van der Waals surface area contributed by atoms with E-state index in [1.54, 1.807) is 7.05 Å². The first kappa shape index (κ1) is 28.7. The minimum atomic E-state index is -0.538. The van der Waals surface area contributed by atoms with Crippen molar-refractivity contribution in [2.75, 3.05) is 33.3 Å². The van der Waals surface area contributed by atoms with Crippen molar-refractivity contribution in [3.63, 3.8) is 0 Å². The molecule has 8 nitrogen and oxygen atoms in total. The van der Waals surface area contributed by atoms with Gasteiger partial charge < -0.3 is 25.0 Å². The number of carbonyl (C=O) groups is 2. The Morgan fingerprint density at radius 1 is 1.10 bits per heavy atom. The Balaban J connectivity index is 0.00000841. The number of aliphatic imine (C=N–C) groups is 1. The smallest absolute Gasteiger partial charge is 0.408 e. The van der Waals surface area contributed by atoms with Gasteiger partial charge in [0, 0.05) is 26.7 Å². The molecule has 9 heteroatoms. The second kappa shape index (κ2) is 13.2. The van der Waals surface area contributed by atoms with E-state index in [1.165, 1.54) is 0 Å². The molecule has 0 unspecified atom stereocenters. The van der Waals surface area contributed by atoms with E-state index in [4.69, 9.17) is 9.47 Å². The quantitative estimate of drug-likeness (QED) is 0.222. The predicted octanol–water partition coefficient (Wildman–Crippen LogP) is 3.54. The van der Waals surface area contributed by atoms with E-state index in [-0.39, 0.29) is 35.9 Å². The largest absolute Gasteiger partial charge is 0.466 e. The zero-order chi connectivity index (χ0) is 22.1. The van der Waals surface area contributed by atoms with Crippen LogP contribution < -0.4 is 10.6 Å². The maximum Gasteiger partial charge on any atom is 0.408 e.